The van der Waals surface area contributed by atoms with E-state index >= 15 is 0 Å². The average Bonchev–Trinajstić information content (AvgIpc) is 2.47. The third-order valence-corrected chi connectivity index (χ3v) is 3.54. The molecule has 2 aromatic carbocycles. The van der Waals surface area contributed by atoms with Gasteiger partial charge in [-0.05, 0) is 29.2 Å². The highest BCUT2D eigenvalue weighted by Crippen LogP contribution is 2.27. The molecular formula is C16H16N2O. The van der Waals surface area contributed by atoms with E-state index in [-0.39, 0.29) is 11.9 Å². The van der Waals surface area contributed by atoms with Gasteiger partial charge in [0.1, 0.15) is 0 Å². The minimum Gasteiger partial charge on any atom is -0.326 e. The summed E-state index contributed by atoms with van der Waals surface area (Å²) in [5.74, 6) is 0.0904. The maximum Gasteiger partial charge on any atom is 0.224 e. The van der Waals surface area contributed by atoms with E-state index in [9.17, 15) is 4.79 Å². The van der Waals surface area contributed by atoms with Gasteiger partial charge < -0.3 is 11.1 Å². The molecule has 0 aliphatic carbocycles. The molecule has 1 unspecified atom stereocenters. The Kier molecular flexibility index (Phi) is 3.05. The largest absolute Gasteiger partial charge is 0.326 e. The molecule has 1 aliphatic rings. The van der Waals surface area contributed by atoms with Crippen LogP contribution >= 0.6 is 0 Å². The van der Waals surface area contributed by atoms with Crippen molar-refractivity contribution in [2.75, 3.05) is 5.32 Å². The van der Waals surface area contributed by atoms with Gasteiger partial charge in [0.25, 0.3) is 0 Å². The molecule has 1 atom stereocenters. The fourth-order valence-corrected chi connectivity index (χ4v) is 2.45. The summed E-state index contributed by atoms with van der Waals surface area (Å²) in [5, 5.41) is 2.89. The predicted octanol–water partition coefficient (Wildman–Crippen LogP) is 2.62. The summed E-state index contributed by atoms with van der Waals surface area (Å²) < 4.78 is 0. The van der Waals surface area contributed by atoms with Crippen molar-refractivity contribution in [3.63, 3.8) is 0 Å². The van der Waals surface area contributed by atoms with E-state index in [2.05, 4.69) is 11.4 Å². The zero-order valence-electron chi connectivity index (χ0n) is 10.6. The van der Waals surface area contributed by atoms with Crippen molar-refractivity contribution in [2.45, 2.75) is 18.9 Å². The van der Waals surface area contributed by atoms with Crippen LogP contribution in [0.1, 0.15) is 29.2 Å². The van der Waals surface area contributed by atoms with Crippen LogP contribution in [0.4, 0.5) is 5.69 Å². The average molecular weight is 252 g/mol. The van der Waals surface area contributed by atoms with Gasteiger partial charge in [0.15, 0.2) is 0 Å². The predicted molar refractivity (Wildman–Crippen MR) is 75.9 cm³/mol. The second-order valence-corrected chi connectivity index (χ2v) is 4.85. The standard InChI is InChI=1S/C16H16N2O/c17-16(11-4-2-1-3-5-11)13-6-8-14-12(10-13)7-9-15(19)18-14/h1-6,8,10,16H,7,9,17H2,(H,18,19). The van der Waals surface area contributed by atoms with E-state index in [0.29, 0.717) is 6.42 Å². The van der Waals surface area contributed by atoms with Crippen molar-refractivity contribution >= 4 is 11.6 Å². The highest BCUT2D eigenvalue weighted by atomic mass is 16.1. The summed E-state index contributed by atoms with van der Waals surface area (Å²) in [6, 6.07) is 16.0. The number of carbonyl (C=O) groups excluding carboxylic acids is 1. The zero-order valence-corrected chi connectivity index (χ0v) is 10.6. The first kappa shape index (κ1) is 11.9. The third-order valence-electron chi connectivity index (χ3n) is 3.54. The molecule has 0 saturated heterocycles. The fourth-order valence-electron chi connectivity index (χ4n) is 2.45. The molecule has 0 radical (unpaired) electrons. The van der Waals surface area contributed by atoms with Gasteiger partial charge in [-0.3, -0.25) is 4.79 Å². The Morgan fingerprint density at radius 3 is 2.58 bits per heavy atom. The van der Waals surface area contributed by atoms with Gasteiger partial charge in [-0.15, -0.1) is 0 Å². The number of hydrogen-bond acceptors (Lipinski definition) is 2. The number of anilines is 1. The van der Waals surface area contributed by atoms with Crippen molar-refractivity contribution in [1.29, 1.82) is 0 Å². The topological polar surface area (TPSA) is 55.1 Å². The molecule has 0 fully saturated rings. The van der Waals surface area contributed by atoms with Crippen LogP contribution in [0.3, 0.4) is 0 Å². The van der Waals surface area contributed by atoms with E-state index in [0.717, 1.165) is 23.2 Å². The summed E-state index contributed by atoms with van der Waals surface area (Å²) in [4.78, 5) is 11.3. The van der Waals surface area contributed by atoms with E-state index in [4.69, 9.17) is 5.73 Å². The number of nitrogens with one attached hydrogen (secondary N) is 1. The highest BCUT2D eigenvalue weighted by molar-refractivity contribution is 5.93. The van der Waals surface area contributed by atoms with Gasteiger partial charge in [0.05, 0.1) is 6.04 Å². The number of hydrogen-bond donors (Lipinski definition) is 2. The van der Waals surface area contributed by atoms with E-state index < -0.39 is 0 Å². The smallest absolute Gasteiger partial charge is 0.224 e. The summed E-state index contributed by atoms with van der Waals surface area (Å²) in [6.07, 6.45) is 1.34. The van der Waals surface area contributed by atoms with Gasteiger partial charge in [-0.25, -0.2) is 0 Å². The lowest BCUT2D eigenvalue weighted by Crippen LogP contribution is -2.20. The number of amides is 1. The molecule has 3 rings (SSSR count). The summed E-state index contributed by atoms with van der Waals surface area (Å²) in [7, 11) is 0. The summed E-state index contributed by atoms with van der Waals surface area (Å²) in [5.41, 5.74) is 10.6. The van der Waals surface area contributed by atoms with Crippen LogP contribution in [0.15, 0.2) is 48.5 Å². The van der Waals surface area contributed by atoms with E-state index in [1.54, 1.807) is 0 Å². The van der Waals surface area contributed by atoms with Crippen LogP contribution in [-0.4, -0.2) is 5.91 Å². The molecule has 3 nitrogen and oxygen atoms in total. The Morgan fingerprint density at radius 1 is 1.00 bits per heavy atom. The van der Waals surface area contributed by atoms with Gasteiger partial charge >= 0.3 is 0 Å². The molecule has 0 saturated carbocycles. The molecule has 2 aromatic rings. The quantitative estimate of drug-likeness (QED) is 0.863. The lowest BCUT2D eigenvalue weighted by molar-refractivity contribution is -0.116. The molecule has 3 heteroatoms. The van der Waals surface area contributed by atoms with Crippen LogP contribution in [-0.2, 0) is 11.2 Å². The fraction of sp³-hybridized carbons (Fsp3) is 0.188. The lowest BCUT2D eigenvalue weighted by atomic mass is 9.94. The van der Waals surface area contributed by atoms with Crippen molar-refractivity contribution in [3.05, 3.63) is 65.2 Å². The second kappa shape index (κ2) is 4.86. The normalized spacial score (nSPS) is 15.5. The van der Waals surface area contributed by atoms with Crippen molar-refractivity contribution in [2.24, 2.45) is 5.73 Å². The minimum absolute atomic E-state index is 0.0904. The van der Waals surface area contributed by atoms with Crippen LogP contribution in [0.25, 0.3) is 0 Å². The van der Waals surface area contributed by atoms with Gasteiger partial charge in [-0.2, -0.15) is 0 Å². The number of nitrogens with two attached hydrogens (primary N) is 1. The van der Waals surface area contributed by atoms with E-state index in [1.165, 1.54) is 5.56 Å². The first-order valence-electron chi connectivity index (χ1n) is 6.47. The molecule has 0 spiro atoms. The molecule has 19 heavy (non-hydrogen) atoms. The SMILES string of the molecule is NC(c1ccccc1)c1ccc2c(c1)CCC(=O)N2. The van der Waals surface area contributed by atoms with Crippen LogP contribution in [0.5, 0.6) is 0 Å². The number of rotatable bonds is 2. The van der Waals surface area contributed by atoms with Crippen LogP contribution in [0, 0.1) is 0 Å². The summed E-state index contributed by atoms with van der Waals surface area (Å²) >= 11 is 0. The molecule has 1 amide bonds. The monoisotopic (exact) mass is 252 g/mol. The first-order chi connectivity index (χ1) is 9.24. The molecule has 96 valence electrons. The van der Waals surface area contributed by atoms with Crippen molar-refractivity contribution in [1.82, 2.24) is 0 Å². The van der Waals surface area contributed by atoms with Crippen LogP contribution in [0.2, 0.25) is 0 Å². The molecular weight excluding hydrogens is 236 g/mol. The Labute approximate surface area is 112 Å². The Bertz CT molecular complexity index is 607. The Morgan fingerprint density at radius 2 is 1.79 bits per heavy atom. The number of carbonyl (C=O) groups is 1. The van der Waals surface area contributed by atoms with Gasteiger partial charge in [0.2, 0.25) is 5.91 Å². The van der Waals surface area contributed by atoms with Crippen LogP contribution < -0.4 is 11.1 Å². The van der Waals surface area contributed by atoms with E-state index in [1.807, 2.05) is 42.5 Å². The second-order valence-electron chi connectivity index (χ2n) is 4.85. The van der Waals surface area contributed by atoms with Gasteiger partial charge in [-0.1, -0.05) is 42.5 Å². The summed E-state index contributed by atoms with van der Waals surface area (Å²) in [6.45, 7) is 0. The number of benzene rings is 2. The minimum atomic E-state index is -0.121. The molecule has 0 aromatic heterocycles. The maximum absolute atomic E-state index is 11.3. The molecule has 3 N–H and O–H groups in total. The number of fused-ring (bicyclic) bond motifs is 1. The Hall–Kier alpha value is -2.13. The van der Waals surface area contributed by atoms with Crippen molar-refractivity contribution < 1.29 is 4.79 Å². The molecule has 0 bridgehead atoms. The lowest BCUT2D eigenvalue weighted by Gasteiger charge is -2.20. The highest BCUT2D eigenvalue weighted by Gasteiger charge is 2.16. The van der Waals surface area contributed by atoms with Crippen molar-refractivity contribution in [3.8, 4) is 0 Å². The van der Waals surface area contributed by atoms with Gasteiger partial charge in [0, 0.05) is 12.1 Å². The zero-order chi connectivity index (χ0) is 13.2. The first-order valence-corrected chi connectivity index (χ1v) is 6.47. The third kappa shape index (κ3) is 2.37. The maximum atomic E-state index is 11.3. The molecule has 1 heterocycles. The number of aryl methyl sites for hydroxylation is 1. The Balaban J connectivity index is 1.92. The molecule has 1 aliphatic heterocycles.